The minimum absolute atomic E-state index is 0. The first-order valence-electron chi connectivity index (χ1n) is 5.18. The van der Waals surface area contributed by atoms with E-state index in [4.69, 9.17) is 5.73 Å². The van der Waals surface area contributed by atoms with E-state index in [0.717, 1.165) is 5.57 Å². The van der Waals surface area contributed by atoms with Gasteiger partial charge in [0.05, 0.1) is 0 Å². The summed E-state index contributed by atoms with van der Waals surface area (Å²) in [6, 6.07) is 4.25. The van der Waals surface area contributed by atoms with Gasteiger partial charge in [-0.2, -0.15) is 0 Å². The van der Waals surface area contributed by atoms with Crippen molar-refractivity contribution < 1.29 is 18.3 Å². The molecule has 1 atom stereocenters. The predicted molar refractivity (Wildman–Crippen MR) is 66.3 cm³/mol. The lowest BCUT2D eigenvalue weighted by Gasteiger charge is -2.14. The van der Waals surface area contributed by atoms with Gasteiger partial charge in [-0.25, -0.2) is 0 Å². The van der Waals surface area contributed by atoms with Gasteiger partial charge < -0.3 is 15.2 Å². The Hall–Kier alpha value is -1.33. The van der Waals surface area contributed by atoms with Crippen molar-refractivity contribution in [2.75, 3.05) is 0 Å². The van der Waals surface area contributed by atoms with Gasteiger partial charge in [0.25, 0.3) is 0 Å². The fraction of sp³-hybridized carbons (Fsp3) is 0.333. The molecule has 1 aromatic rings. The molecule has 0 aliphatic carbocycles. The summed E-state index contributed by atoms with van der Waals surface area (Å²) in [4.78, 5) is 0. The van der Waals surface area contributed by atoms with Gasteiger partial charge in [-0.1, -0.05) is 17.7 Å². The summed E-state index contributed by atoms with van der Waals surface area (Å²) in [6.45, 7) is 5.57. The van der Waals surface area contributed by atoms with E-state index in [9.17, 15) is 8.78 Å². The molecule has 18 heavy (non-hydrogen) atoms. The molecule has 1 aliphatic rings. The van der Waals surface area contributed by atoms with Crippen LogP contribution < -0.4 is 15.2 Å². The fourth-order valence-corrected chi connectivity index (χ4v) is 1.77. The van der Waals surface area contributed by atoms with Crippen molar-refractivity contribution >= 4 is 12.4 Å². The Labute approximate surface area is 110 Å². The average Bonchev–Trinajstić information content (AvgIpc) is 2.49. The van der Waals surface area contributed by atoms with Crippen LogP contribution in [0.25, 0.3) is 0 Å². The average molecular weight is 278 g/mol. The summed E-state index contributed by atoms with van der Waals surface area (Å²) >= 11 is 0. The first kappa shape index (κ1) is 14.7. The lowest BCUT2D eigenvalue weighted by atomic mass is 10.00. The highest BCUT2D eigenvalue weighted by Crippen LogP contribution is 2.45. The number of fused-ring (bicyclic) bond motifs is 1. The molecule has 6 heteroatoms. The van der Waals surface area contributed by atoms with Crippen LogP contribution in [0.2, 0.25) is 0 Å². The summed E-state index contributed by atoms with van der Waals surface area (Å²) in [5, 5.41) is 0. The maximum Gasteiger partial charge on any atom is 0.586 e. The van der Waals surface area contributed by atoms with E-state index in [2.05, 4.69) is 16.1 Å². The third-order valence-corrected chi connectivity index (χ3v) is 2.43. The Bertz CT molecular complexity index is 465. The number of nitrogens with two attached hydrogens (primary N) is 1. The van der Waals surface area contributed by atoms with Crippen LogP contribution in [0.15, 0.2) is 30.4 Å². The number of hydrogen-bond donors (Lipinski definition) is 1. The SMILES string of the molecule is C=C(C)C[C@H](N)c1cccc2c1OC(F)(F)O2.Cl. The number of alkyl halides is 2. The Morgan fingerprint density at radius 1 is 1.44 bits per heavy atom. The number of halogens is 3. The van der Waals surface area contributed by atoms with Gasteiger partial charge in [0.15, 0.2) is 11.5 Å². The number of rotatable bonds is 3. The molecule has 1 aliphatic heterocycles. The zero-order chi connectivity index (χ0) is 12.6. The van der Waals surface area contributed by atoms with Gasteiger partial charge >= 0.3 is 6.29 Å². The zero-order valence-electron chi connectivity index (χ0n) is 9.78. The Balaban J connectivity index is 0.00000162. The van der Waals surface area contributed by atoms with Crippen LogP contribution in [0.4, 0.5) is 8.78 Å². The number of benzene rings is 1. The lowest BCUT2D eigenvalue weighted by molar-refractivity contribution is -0.287. The van der Waals surface area contributed by atoms with Crippen LogP contribution in [0.3, 0.4) is 0 Å². The van der Waals surface area contributed by atoms with E-state index < -0.39 is 12.3 Å². The van der Waals surface area contributed by atoms with Crippen LogP contribution in [0, 0.1) is 0 Å². The molecule has 0 saturated carbocycles. The highest BCUT2D eigenvalue weighted by Gasteiger charge is 2.44. The third-order valence-electron chi connectivity index (χ3n) is 2.43. The molecule has 0 spiro atoms. The highest BCUT2D eigenvalue weighted by atomic mass is 35.5. The van der Waals surface area contributed by atoms with Crippen molar-refractivity contribution in [3.63, 3.8) is 0 Å². The molecule has 0 saturated heterocycles. The minimum atomic E-state index is -3.61. The molecule has 0 fully saturated rings. The first-order chi connectivity index (χ1) is 7.89. The Kier molecular flexibility index (Phi) is 4.19. The van der Waals surface area contributed by atoms with Crippen molar-refractivity contribution in [2.24, 2.45) is 5.73 Å². The van der Waals surface area contributed by atoms with E-state index in [1.807, 2.05) is 6.92 Å². The summed E-state index contributed by atoms with van der Waals surface area (Å²) in [5.74, 6) is 0.0379. The predicted octanol–water partition coefficient (Wildman–Crippen LogP) is 3.40. The third kappa shape index (κ3) is 2.91. The number of ether oxygens (including phenoxy) is 2. The van der Waals surface area contributed by atoms with Crippen LogP contribution in [0.5, 0.6) is 11.5 Å². The normalized spacial score (nSPS) is 16.9. The van der Waals surface area contributed by atoms with E-state index in [0.29, 0.717) is 12.0 Å². The smallest absolute Gasteiger partial charge is 0.395 e. The van der Waals surface area contributed by atoms with Gasteiger partial charge in [-0.05, 0) is 19.4 Å². The van der Waals surface area contributed by atoms with E-state index in [1.165, 1.54) is 6.07 Å². The minimum Gasteiger partial charge on any atom is -0.395 e. The molecule has 0 amide bonds. The van der Waals surface area contributed by atoms with Crippen molar-refractivity contribution in [3.05, 3.63) is 35.9 Å². The quantitative estimate of drug-likeness (QED) is 0.861. The fourth-order valence-electron chi connectivity index (χ4n) is 1.77. The highest BCUT2D eigenvalue weighted by molar-refractivity contribution is 5.85. The van der Waals surface area contributed by atoms with E-state index >= 15 is 0 Å². The molecule has 0 aromatic heterocycles. The van der Waals surface area contributed by atoms with Gasteiger partial charge in [-0.15, -0.1) is 27.8 Å². The number of hydrogen-bond acceptors (Lipinski definition) is 3. The standard InChI is InChI=1S/C12H13F2NO2.ClH/c1-7(2)6-9(15)8-4-3-5-10-11(8)17-12(13,14)16-10;/h3-5,9H,1,6,15H2,2H3;1H/t9-;/m0./s1. The van der Waals surface area contributed by atoms with Gasteiger partial charge in [-0.3, -0.25) is 0 Å². The molecular formula is C12H14ClF2NO2. The first-order valence-corrected chi connectivity index (χ1v) is 5.18. The molecule has 3 nitrogen and oxygen atoms in total. The van der Waals surface area contributed by atoms with Crippen LogP contribution in [-0.4, -0.2) is 6.29 Å². The van der Waals surface area contributed by atoms with Crippen molar-refractivity contribution in [1.82, 2.24) is 0 Å². The summed E-state index contributed by atoms with van der Waals surface area (Å²) < 4.78 is 34.7. The van der Waals surface area contributed by atoms with Gasteiger partial charge in [0.2, 0.25) is 0 Å². The van der Waals surface area contributed by atoms with Crippen molar-refractivity contribution in [2.45, 2.75) is 25.7 Å². The molecule has 0 unspecified atom stereocenters. The zero-order valence-corrected chi connectivity index (χ0v) is 10.6. The second-order valence-corrected chi connectivity index (χ2v) is 4.11. The molecule has 0 radical (unpaired) electrons. The molecule has 1 aromatic carbocycles. The number of para-hydroxylation sites is 1. The Morgan fingerprint density at radius 2 is 2.11 bits per heavy atom. The summed E-state index contributed by atoms with van der Waals surface area (Å²) in [6.07, 6.45) is -3.10. The summed E-state index contributed by atoms with van der Waals surface area (Å²) in [5.41, 5.74) is 7.29. The van der Waals surface area contributed by atoms with E-state index in [1.54, 1.807) is 12.1 Å². The lowest BCUT2D eigenvalue weighted by Crippen LogP contribution is -2.26. The topological polar surface area (TPSA) is 44.5 Å². The second kappa shape index (κ2) is 5.12. The van der Waals surface area contributed by atoms with Crippen LogP contribution in [0.1, 0.15) is 24.9 Å². The van der Waals surface area contributed by atoms with Crippen LogP contribution in [-0.2, 0) is 0 Å². The van der Waals surface area contributed by atoms with Crippen molar-refractivity contribution in [1.29, 1.82) is 0 Å². The Morgan fingerprint density at radius 3 is 2.72 bits per heavy atom. The monoisotopic (exact) mass is 277 g/mol. The van der Waals surface area contributed by atoms with Crippen LogP contribution >= 0.6 is 12.4 Å². The molecule has 2 N–H and O–H groups in total. The van der Waals surface area contributed by atoms with E-state index in [-0.39, 0.29) is 23.9 Å². The molecule has 0 bridgehead atoms. The molecular weight excluding hydrogens is 264 g/mol. The second-order valence-electron chi connectivity index (χ2n) is 4.11. The molecule has 2 rings (SSSR count). The maximum absolute atomic E-state index is 12.9. The van der Waals surface area contributed by atoms with Gasteiger partial charge in [0.1, 0.15) is 0 Å². The maximum atomic E-state index is 12.9. The largest absolute Gasteiger partial charge is 0.586 e. The molecule has 100 valence electrons. The van der Waals surface area contributed by atoms with Gasteiger partial charge in [0, 0.05) is 11.6 Å². The van der Waals surface area contributed by atoms with Crippen molar-refractivity contribution in [3.8, 4) is 11.5 Å². The molecule has 1 heterocycles. The summed E-state index contributed by atoms with van der Waals surface area (Å²) in [7, 11) is 0.